The monoisotopic (exact) mass is 373 g/mol. The van der Waals surface area contributed by atoms with E-state index in [1.807, 2.05) is 26.8 Å². The Morgan fingerprint density at radius 3 is 2.63 bits per heavy atom. The number of nitrogens with one attached hydrogen (secondary N) is 2. The highest BCUT2D eigenvalue weighted by molar-refractivity contribution is 5.95. The van der Waals surface area contributed by atoms with Gasteiger partial charge in [0.25, 0.3) is 0 Å². The van der Waals surface area contributed by atoms with Crippen molar-refractivity contribution in [2.45, 2.75) is 40.2 Å². The average molecular weight is 373 g/mol. The van der Waals surface area contributed by atoms with Crippen molar-refractivity contribution in [3.8, 4) is 0 Å². The van der Waals surface area contributed by atoms with Crippen LogP contribution in [-0.4, -0.2) is 36.5 Å². The first kappa shape index (κ1) is 20.5. The van der Waals surface area contributed by atoms with E-state index in [-0.39, 0.29) is 17.9 Å². The molecule has 27 heavy (non-hydrogen) atoms. The Morgan fingerprint density at radius 2 is 2.04 bits per heavy atom. The maximum absolute atomic E-state index is 12.5. The van der Waals surface area contributed by atoms with Gasteiger partial charge in [0.1, 0.15) is 0 Å². The van der Waals surface area contributed by atoms with Crippen LogP contribution >= 0.6 is 0 Å². The number of ether oxygens (including phenoxy) is 1. The van der Waals surface area contributed by atoms with E-state index < -0.39 is 12.0 Å². The molecule has 0 aromatic heterocycles. The van der Waals surface area contributed by atoms with Gasteiger partial charge in [-0.1, -0.05) is 32.9 Å². The largest absolute Gasteiger partial charge is 0.466 e. The van der Waals surface area contributed by atoms with Gasteiger partial charge in [0, 0.05) is 23.8 Å². The molecule has 3 amide bonds. The lowest BCUT2D eigenvalue weighted by Gasteiger charge is -2.35. The van der Waals surface area contributed by atoms with Gasteiger partial charge in [0.2, 0.25) is 5.91 Å². The Balaban J connectivity index is 2.45. The van der Waals surface area contributed by atoms with Crippen LogP contribution in [0.5, 0.6) is 0 Å². The Morgan fingerprint density at radius 1 is 1.33 bits per heavy atom. The fourth-order valence-corrected chi connectivity index (χ4v) is 2.98. The minimum absolute atomic E-state index is 0.103. The second kappa shape index (κ2) is 8.70. The number of amides is 3. The number of esters is 1. The normalized spacial score (nSPS) is 17.0. The zero-order valence-electron chi connectivity index (χ0n) is 16.5. The van der Waals surface area contributed by atoms with Crippen LogP contribution in [0.3, 0.4) is 0 Å². The lowest BCUT2D eigenvalue weighted by atomic mass is 9.94. The molecule has 0 saturated carbocycles. The molecule has 0 aliphatic carbocycles. The molecule has 1 aromatic rings. The zero-order valence-corrected chi connectivity index (χ0v) is 16.5. The van der Waals surface area contributed by atoms with Crippen molar-refractivity contribution in [1.82, 2.24) is 10.2 Å². The van der Waals surface area contributed by atoms with Gasteiger partial charge in [-0.3, -0.25) is 9.69 Å². The molecule has 1 aliphatic rings. The molecule has 7 heteroatoms. The van der Waals surface area contributed by atoms with Gasteiger partial charge in [-0.2, -0.15) is 0 Å². The number of rotatable bonds is 6. The molecule has 0 spiro atoms. The van der Waals surface area contributed by atoms with Crippen molar-refractivity contribution >= 4 is 23.6 Å². The molecule has 1 heterocycles. The predicted molar refractivity (Wildman–Crippen MR) is 103 cm³/mol. The topological polar surface area (TPSA) is 87.7 Å². The van der Waals surface area contributed by atoms with Crippen LogP contribution in [0, 0.1) is 5.92 Å². The molecule has 2 N–H and O–H groups in total. The summed E-state index contributed by atoms with van der Waals surface area (Å²) in [6.07, 6.45) is 0.764. The molecule has 1 atom stereocenters. The molecule has 1 aliphatic heterocycles. The van der Waals surface area contributed by atoms with E-state index in [1.54, 1.807) is 30.0 Å². The standard InChI is InChI=1S/C20H27N3O4/c1-6-10-23-13(4)16(19(25)27-5)17(22-20(23)26)14-8-7-9-15(11-14)21-18(24)12(2)3/h7-9,11-12,17H,6,10H2,1-5H3,(H,21,24)(H,22,26)/t17-/m0/s1. The number of hydrogen-bond acceptors (Lipinski definition) is 4. The first-order chi connectivity index (χ1) is 12.8. The second-order valence-electron chi connectivity index (χ2n) is 6.79. The van der Waals surface area contributed by atoms with E-state index >= 15 is 0 Å². The van der Waals surface area contributed by atoms with Crippen molar-refractivity contribution in [3.63, 3.8) is 0 Å². The van der Waals surface area contributed by atoms with Crippen molar-refractivity contribution in [2.24, 2.45) is 5.92 Å². The summed E-state index contributed by atoms with van der Waals surface area (Å²) in [4.78, 5) is 38.5. The van der Waals surface area contributed by atoms with Gasteiger partial charge in [-0.05, 0) is 31.0 Å². The minimum atomic E-state index is -0.644. The summed E-state index contributed by atoms with van der Waals surface area (Å²) >= 11 is 0. The molecule has 7 nitrogen and oxygen atoms in total. The van der Waals surface area contributed by atoms with Gasteiger partial charge >= 0.3 is 12.0 Å². The summed E-state index contributed by atoms with van der Waals surface area (Å²) < 4.78 is 4.96. The van der Waals surface area contributed by atoms with Crippen molar-refractivity contribution in [1.29, 1.82) is 0 Å². The van der Waals surface area contributed by atoms with Gasteiger partial charge in [-0.15, -0.1) is 0 Å². The molecular formula is C20H27N3O4. The minimum Gasteiger partial charge on any atom is -0.466 e. The van der Waals surface area contributed by atoms with E-state index in [0.29, 0.717) is 29.1 Å². The van der Waals surface area contributed by atoms with E-state index in [4.69, 9.17) is 4.74 Å². The highest BCUT2D eigenvalue weighted by Gasteiger charge is 2.35. The molecular weight excluding hydrogens is 346 g/mol. The maximum atomic E-state index is 12.5. The fraction of sp³-hybridized carbons (Fsp3) is 0.450. The number of allylic oxidation sites excluding steroid dienone is 1. The third-order valence-corrected chi connectivity index (χ3v) is 4.46. The van der Waals surface area contributed by atoms with Gasteiger partial charge in [0.15, 0.2) is 0 Å². The van der Waals surface area contributed by atoms with E-state index in [0.717, 1.165) is 6.42 Å². The Hall–Kier alpha value is -2.83. The molecule has 0 fully saturated rings. The number of benzene rings is 1. The zero-order chi connectivity index (χ0) is 20.1. The smallest absolute Gasteiger partial charge is 0.337 e. The predicted octanol–water partition coefficient (Wildman–Crippen LogP) is 3.20. The van der Waals surface area contributed by atoms with Crippen LogP contribution in [-0.2, 0) is 14.3 Å². The number of methoxy groups -OCH3 is 1. The molecule has 0 radical (unpaired) electrons. The number of nitrogens with zero attached hydrogens (tertiary/aromatic N) is 1. The number of anilines is 1. The lowest BCUT2D eigenvalue weighted by molar-refractivity contribution is -0.136. The van der Waals surface area contributed by atoms with Crippen LogP contribution in [0.4, 0.5) is 10.5 Å². The first-order valence-electron chi connectivity index (χ1n) is 9.08. The quantitative estimate of drug-likeness (QED) is 0.750. The van der Waals surface area contributed by atoms with Crippen molar-refractivity contribution < 1.29 is 19.1 Å². The highest BCUT2D eigenvalue weighted by atomic mass is 16.5. The summed E-state index contributed by atoms with van der Waals surface area (Å²) in [5, 5.41) is 5.72. The summed E-state index contributed by atoms with van der Waals surface area (Å²) in [6.45, 7) is 7.84. The summed E-state index contributed by atoms with van der Waals surface area (Å²) in [5.74, 6) is -0.748. The Bertz CT molecular complexity index is 770. The van der Waals surface area contributed by atoms with E-state index in [9.17, 15) is 14.4 Å². The van der Waals surface area contributed by atoms with E-state index in [2.05, 4.69) is 10.6 Å². The van der Waals surface area contributed by atoms with Crippen LogP contribution in [0.2, 0.25) is 0 Å². The molecule has 0 bridgehead atoms. The number of hydrogen-bond donors (Lipinski definition) is 2. The fourth-order valence-electron chi connectivity index (χ4n) is 2.98. The van der Waals surface area contributed by atoms with Crippen molar-refractivity contribution in [2.75, 3.05) is 19.0 Å². The summed E-state index contributed by atoms with van der Waals surface area (Å²) in [7, 11) is 1.32. The summed E-state index contributed by atoms with van der Waals surface area (Å²) in [5.41, 5.74) is 2.27. The number of urea groups is 1. The van der Waals surface area contributed by atoms with Crippen LogP contribution < -0.4 is 10.6 Å². The molecule has 146 valence electrons. The van der Waals surface area contributed by atoms with Gasteiger partial charge < -0.3 is 15.4 Å². The van der Waals surface area contributed by atoms with Crippen molar-refractivity contribution in [3.05, 3.63) is 41.1 Å². The van der Waals surface area contributed by atoms with E-state index in [1.165, 1.54) is 7.11 Å². The van der Waals surface area contributed by atoms with Crippen LogP contribution in [0.25, 0.3) is 0 Å². The van der Waals surface area contributed by atoms with Crippen LogP contribution in [0.1, 0.15) is 45.7 Å². The van der Waals surface area contributed by atoms with Crippen LogP contribution in [0.15, 0.2) is 35.5 Å². The third-order valence-electron chi connectivity index (χ3n) is 4.46. The highest BCUT2D eigenvalue weighted by Crippen LogP contribution is 2.32. The average Bonchev–Trinajstić information content (AvgIpc) is 2.64. The molecule has 1 aromatic carbocycles. The molecule has 0 unspecified atom stereocenters. The lowest BCUT2D eigenvalue weighted by Crippen LogP contribution is -2.48. The Labute approximate surface area is 159 Å². The van der Waals surface area contributed by atoms with Gasteiger partial charge in [-0.25, -0.2) is 9.59 Å². The summed E-state index contributed by atoms with van der Waals surface area (Å²) in [6, 6.07) is 6.21. The SMILES string of the molecule is CCCN1C(=O)N[C@@H](c2cccc(NC(=O)C(C)C)c2)C(C(=O)OC)=C1C. The maximum Gasteiger partial charge on any atom is 0.337 e. The third kappa shape index (κ3) is 4.48. The first-order valence-corrected chi connectivity index (χ1v) is 9.08. The molecule has 2 rings (SSSR count). The van der Waals surface area contributed by atoms with Gasteiger partial charge in [0.05, 0.1) is 18.7 Å². The molecule has 0 saturated heterocycles. The Kier molecular flexibility index (Phi) is 6.60. The number of carbonyl (C=O) groups excluding carboxylic acids is 3. The second-order valence-corrected chi connectivity index (χ2v) is 6.79. The number of carbonyl (C=O) groups is 3.